The summed E-state index contributed by atoms with van der Waals surface area (Å²) in [5.41, 5.74) is -1.73. The van der Waals surface area contributed by atoms with Crippen LogP contribution < -0.4 is 5.32 Å². The first-order chi connectivity index (χ1) is 8.61. The van der Waals surface area contributed by atoms with E-state index in [4.69, 9.17) is 0 Å². The molecule has 0 aromatic heterocycles. The minimum atomic E-state index is -1.18. The van der Waals surface area contributed by atoms with E-state index in [1.54, 1.807) is 20.9 Å². The highest BCUT2D eigenvalue weighted by atomic mass is 16.4. The number of rotatable bonds is 4. The Morgan fingerprint density at radius 2 is 1.84 bits per heavy atom. The summed E-state index contributed by atoms with van der Waals surface area (Å²) >= 11 is 0. The van der Waals surface area contributed by atoms with Gasteiger partial charge in [0, 0.05) is 12.5 Å². The molecule has 1 unspecified atom stereocenters. The Kier molecular flexibility index (Phi) is 4.61. The number of amides is 1. The third kappa shape index (κ3) is 3.08. The highest BCUT2D eigenvalue weighted by Gasteiger charge is 2.44. The van der Waals surface area contributed by atoms with Crippen LogP contribution in [0.1, 0.15) is 40.5 Å². The van der Waals surface area contributed by atoms with E-state index in [9.17, 15) is 14.7 Å². The van der Waals surface area contributed by atoms with Gasteiger partial charge < -0.3 is 15.3 Å². The minimum Gasteiger partial charge on any atom is -0.480 e. The second-order valence-electron chi connectivity index (χ2n) is 6.49. The fraction of sp³-hybridized carbons (Fsp3) is 0.857. The normalized spacial score (nSPS) is 21.0. The highest BCUT2D eigenvalue weighted by molar-refractivity contribution is 5.89. The number of hydrogen-bond acceptors (Lipinski definition) is 3. The van der Waals surface area contributed by atoms with E-state index in [1.807, 2.05) is 13.8 Å². The van der Waals surface area contributed by atoms with Crippen molar-refractivity contribution in [2.75, 3.05) is 20.1 Å². The molecule has 5 nitrogen and oxygen atoms in total. The standard InChI is InChI=1S/C14H26N2O3/c1-13(2,10-7-6-8-15-9-10)11(17)16(5)14(3,4)12(18)19/h10,15H,6-9H2,1-5H3,(H,18,19). The van der Waals surface area contributed by atoms with Crippen molar-refractivity contribution in [2.45, 2.75) is 46.1 Å². The predicted octanol–water partition coefficient (Wildman–Crippen LogP) is 1.33. The van der Waals surface area contributed by atoms with Crippen LogP contribution in [0.25, 0.3) is 0 Å². The van der Waals surface area contributed by atoms with Crippen LogP contribution in [0, 0.1) is 11.3 Å². The van der Waals surface area contributed by atoms with Crippen LogP contribution in [0.4, 0.5) is 0 Å². The number of carbonyl (C=O) groups excluding carboxylic acids is 1. The summed E-state index contributed by atoms with van der Waals surface area (Å²) in [6.45, 7) is 8.77. The van der Waals surface area contributed by atoms with Crippen molar-refractivity contribution in [3.63, 3.8) is 0 Å². The van der Waals surface area contributed by atoms with Gasteiger partial charge in [-0.3, -0.25) is 4.79 Å². The molecule has 0 aromatic carbocycles. The smallest absolute Gasteiger partial charge is 0.329 e. The average Bonchev–Trinajstić information content (AvgIpc) is 2.37. The number of carbonyl (C=O) groups is 2. The maximum absolute atomic E-state index is 12.6. The molecule has 1 aliphatic rings. The monoisotopic (exact) mass is 270 g/mol. The molecule has 1 fully saturated rings. The lowest BCUT2D eigenvalue weighted by atomic mass is 9.73. The maximum Gasteiger partial charge on any atom is 0.329 e. The van der Waals surface area contributed by atoms with Crippen molar-refractivity contribution in [1.82, 2.24) is 10.2 Å². The van der Waals surface area contributed by atoms with Gasteiger partial charge in [0.15, 0.2) is 0 Å². The molecule has 19 heavy (non-hydrogen) atoms. The second kappa shape index (κ2) is 5.49. The summed E-state index contributed by atoms with van der Waals surface area (Å²) in [7, 11) is 1.58. The molecule has 0 bridgehead atoms. The number of nitrogens with zero attached hydrogens (tertiary/aromatic N) is 1. The summed E-state index contributed by atoms with van der Waals surface area (Å²) in [5, 5.41) is 12.5. The predicted molar refractivity (Wildman–Crippen MR) is 73.9 cm³/mol. The second-order valence-corrected chi connectivity index (χ2v) is 6.49. The van der Waals surface area contributed by atoms with Crippen molar-refractivity contribution in [1.29, 1.82) is 0 Å². The lowest BCUT2D eigenvalue weighted by Crippen LogP contribution is -2.56. The topological polar surface area (TPSA) is 69.6 Å². The minimum absolute atomic E-state index is 0.103. The summed E-state index contributed by atoms with van der Waals surface area (Å²) in [5.74, 6) is -0.838. The molecule has 0 aromatic rings. The molecule has 1 amide bonds. The van der Waals surface area contributed by atoms with Gasteiger partial charge >= 0.3 is 5.97 Å². The summed E-state index contributed by atoms with van der Waals surface area (Å²) in [4.78, 5) is 25.3. The van der Waals surface area contributed by atoms with Crippen LogP contribution in [-0.4, -0.2) is 47.6 Å². The Balaban J connectivity index is 2.88. The molecular formula is C14H26N2O3. The Hall–Kier alpha value is -1.10. The zero-order valence-corrected chi connectivity index (χ0v) is 12.6. The SMILES string of the molecule is CN(C(=O)C(C)(C)C1CCCNC1)C(C)(C)C(=O)O. The molecule has 0 saturated carbocycles. The Morgan fingerprint density at radius 1 is 1.26 bits per heavy atom. The van der Waals surface area contributed by atoms with Gasteiger partial charge in [-0.2, -0.15) is 0 Å². The molecule has 1 rings (SSSR count). The van der Waals surface area contributed by atoms with Crippen LogP contribution in [0.5, 0.6) is 0 Å². The van der Waals surface area contributed by atoms with E-state index in [1.165, 1.54) is 4.90 Å². The first-order valence-electron chi connectivity index (χ1n) is 6.84. The van der Waals surface area contributed by atoms with Gasteiger partial charge in [0.2, 0.25) is 5.91 Å². The highest BCUT2D eigenvalue weighted by Crippen LogP contribution is 2.35. The van der Waals surface area contributed by atoms with Gasteiger partial charge in [-0.15, -0.1) is 0 Å². The molecule has 1 saturated heterocycles. The number of piperidine rings is 1. The van der Waals surface area contributed by atoms with E-state index in [0.717, 1.165) is 25.9 Å². The first-order valence-corrected chi connectivity index (χ1v) is 6.84. The molecule has 5 heteroatoms. The largest absolute Gasteiger partial charge is 0.480 e. The summed E-state index contributed by atoms with van der Waals surface area (Å²) in [6, 6.07) is 0. The van der Waals surface area contributed by atoms with Crippen molar-refractivity contribution in [2.24, 2.45) is 11.3 Å². The zero-order chi connectivity index (χ0) is 14.8. The van der Waals surface area contributed by atoms with Crippen LogP contribution in [0.3, 0.4) is 0 Å². The molecule has 110 valence electrons. The number of aliphatic carboxylic acids is 1. The zero-order valence-electron chi connectivity index (χ0n) is 12.6. The third-order valence-electron chi connectivity index (χ3n) is 4.54. The first kappa shape index (κ1) is 16.0. The quantitative estimate of drug-likeness (QED) is 0.808. The molecule has 1 aliphatic heterocycles. The van der Waals surface area contributed by atoms with E-state index >= 15 is 0 Å². The van der Waals surface area contributed by atoms with Crippen molar-refractivity contribution >= 4 is 11.9 Å². The number of carboxylic acids is 1. The van der Waals surface area contributed by atoms with Crippen LogP contribution in [-0.2, 0) is 9.59 Å². The van der Waals surface area contributed by atoms with Crippen LogP contribution in [0.2, 0.25) is 0 Å². The van der Waals surface area contributed by atoms with E-state index < -0.39 is 16.9 Å². The van der Waals surface area contributed by atoms with Gasteiger partial charge in [-0.05, 0) is 45.7 Å². The van der Waals surface area contributed by atoms with Crippen LogP contribution in [0.15, 0.2) is 0 Å². The van der Waals surface area contributed by atoms with E-state index in [0.29, 0.717) is 0 Å². The fourth-order valence-electron chi connectivity index (χ4n) is 2.47. The van der Waals surface area contributed by atoms with E-state index in [2.05, 4.69) is 5.32 Å². The fourth-order valence-corrected chi connectivity index (χ4v) is 2.47. The number of carboxylic acid groups (broad SMARTS) is 1. The van der Waals surface area contributed by atoms with Crippen molar-refractivity contribution in [3.05, 3.63) is 0 Å². The van der Waals surface area contributed by atoms with Crippen molar-refractivity contribution < 1.29 is 14.7 Å². The Bertz CT molecular complexity index is 358. The van der Waals surface area contributed by atoms with Gasteiger partial charge in [0.25, 0.3) is 0 Å². The molecule has 2 N–H and O–H groups in total. The third-order valence-corrected chi connectivity index (χ3v) is 4.54. The average molecular weight is 270 g/mol. The number of likely N-dealkylation sites (N-methyl/N-ethyl adjacent to an activating group) is 1. The van der Waals surface area contributed by atoms with Gasteiger partial charge in [-0.1, -0.05) is 13.8 Å². The molecule has 1 atom stereocenters. The van der Waals surface area contributed by atoms with Gasteiger partial charge in [-0.25, -0.2) is 4.79 Å². The summed E-state index contributed by atoms with van der Waals surface area (Å²) in [6.07, 6.45) is 2.07. The lowest BCUT2D eigenvalue weighted by Gasteiger charge is -2.42. The van der Waals surface area contributed by atoms with E-state index in [-0.39, 0.29) is 11.8 Å². The number of hydrogen-bond donors (Lipinski definition) is 2. The van der Waals surface area contributed by atoms with Crippen LogP contribution >= 0.6 is 0 Å². The van der Waals surface area contributed by atoms with Gasteiger partial charge in [0.05, 0.1) is 0 Å². The Labute approximate surface area is 115 Å². The molecule has 1 heterocycles. The molecule has 0 radical (unpaired) electrons. The molecule has 0 spiro atoms. The van der Waals surface area contributed by atoms with Gasteiger partial charge in [0.1, 0.15) is 5.54 Å². The van der Waals surface area contributed by atoms with Crippen molar-refractivity contribution in [3.8, 4) is 0 Å². The Morgan fingerprint density at radius 3 is 2.26 bits per heavy atom. The number of nitrogens with one attached hydrogen (secondary N) is 1. The summed E-state index contributed by atoms with van der Waals surface area (Å²) < 4.78 is 0. The maximum atomic E-state index is 12.6. The molecule has 0 aliphatic carbocycles. The molecular weight excluding hydrogens is 244 g/mol. The lowest BCUT2D eigenvalue weighted by molar-refractivity contribution is -0.160.